The number of aromatic nitrogens is 1. The van der Waals surface area contributed by atoms with Gasteiger partial charge < -0.3 is 15.7 Å². The van der Waals surface area contributed by atoms with E-state index in [1.54, 1.807) is 6.20 Å². The van der Waals surface area contributed by atoms with Crippen LogP contribution in [0.1, 0.15) is 31.5 Å². The number of urea groups is 1. The van der Waals surface area contributed by atoms with Crippen LogP contribution in [0.5, 0.6) is 0 Å². The Bertz CT molecular complexity index is 748. The summed E-state index contributed by atoms with van der Waals surface area (Å²) in [6, 6.07) is 12.5. The Kier molecular flexibility index (Phi) is 7.00. The van der Waals surface area contributed by atoms with Gasteiger partial charge in [0.15, 0.2) is 0 Å². The highest BCUT2D eigenvalue weighted by molar-refractivity contribution is 5.89. The SMILES string of the molecule is CC(C)C(CCO)NC(=O)Nc1cccc(C#Cc2ccccn2)c1. The van der Waals surface area contributed by atoms with Crippen LogP contribution in [0.2, 0.25) is 0 Å². The van der Waals surface area contributed by atoms with Crippen LogP contribution in [0.25, 0.3) is 0 Å². The molecule has 0 aliphatic heterocycles. The number of nitrogens with zero attached hydrogens (tertiary/aromatic N) is 1. The normalized spacial score (nSPS) is 11.4. The van der Waals surface area contributed by atoms with Gasteiger partial charge in [0.2, 0.25) is 0 Å². The van der Waals surface area contributed by atoms with Crippen molar-refractivity contribution >= 4 is 11.7 Å². The van der Waals surface area contributed by atoms with Gasteiger partial charge in [0.05, 0.1) is 0 Å². The molecule has 0 aliphatic rings. The zero-order valence-corrected chi connectivity index (χ0v) is 14.5. The van der Waals surface area contributed by atoms with Crippen molar-refractivity contribution in [3.63, 3.8) is 0 Å². The Morgan fingerprint density at radius 1 is 1.20 bits per heavy atom. The van der Waals surface area contributed by atoms with Crippen molar-refractivity contribution in [3.05, 3.63) is 59.9 Å². The summed E-state index contributed by atoms with van der Waals surface area (Å²) in [5.74, 6) is 6.27. The van der Waals surface area contributed by atoms with Crippen molar-refractivity contribution in [2.24, 2.45) is 5.92 Å². The second kappa shape index (κ2) is 9.45. The molecule has 0 bridgehead atoms. The Labute approximate surface area is 148 Å². The molecule has 3 N–H and O–H groups in total. The Hall–Kier alpha value is -2.84. The number of carbonyl (C=O) groups is 1. The number of anilines is 1. The molecule has 2 aromatic rings. The third-order valence-corrected chi connectivity index (χ3v) is 3.68. The van der Waals surface area contributed by atoms with E-state index < -0.39 is 0 Å². The fourth-order valence-electron chi connectivity index (χ4n) is 2.29. The highest BCUT2D eigenvalue weighted by Crippen LogP contribution is 2.11. The number of nitrogens with one attached hydrogen (secondary N) is 2. The molecule has 2 amide bonds. The van der Waals surface area contributed by atoms with Crippen molar-refractivity contribution in [1.29, 1.82) is 0 Å². The number of hydrogen-bond acceptors (Lipinski definition) is 3. The van der Waals surface area contributed by atoms with Crippen LogP contribution in [-0.2, 0) is 0 Å². The Balaban J connectivity index is 2.01. The lowest BCUT2D eigenvalue weighted by Crippen LogP contribution is -2.41. The van der Waals surface area contributed by atoms with Crippen LogP contribution < -0.4 is 10.6 Å². The molecule has 1 heterocycles. The molecule has 1 aromatic carbocycles. The van der Waals surface area contributed by atoms with Gasteiger partial charge in [0, 0.05) is 30.1 Å². The van der Waals surface area contributed by atoms with Crippen molar-refractivity contribution in [3.8, 4) is 11.8 Å². The molecule has 0 radical (unpaired) electrons. The van der Waals surface area contributed by atoms with Gasteiger partial charge in [-0.05, 0) is 48.6 Å². The van der Waals surface area contributed by atoms with E-state index in [2.05, 4.69) is 27.5 Å². The number of carbonyl (C=O) groups excluding carboxylic acids is 1. The summed E-state index contributed by atoms with van der Waals surface area (Å²) in [4.78, 5) is 16.3. The summed E-state index contributed by atoms with van der Waals surface area (Å²) in [6.45, 7) is 4.06. The second-order valence-corrected chi connectivity index (χ2v) is 6.01. The van der Waals surface area contributed by atoms with Crippen LogP contribution in [-0.4, -0.2) is 28.8 Å². The molecule has 1 unspecified atom stereocenters. The number of hydrogen-bond donors (Lipinski definition) is 3. The average molecular weight is 337 g/mol. The first-order valence-corrected chi connectivity index (χ1v) is 8.30. The van der Waals surface area contributed by atoms with E-state index >= 15 is 0 Å². The molecule has 0 saturated carbocycles. The maximum absolute atomic E-state index is 12.1. The highest BCUT2D eigenvalue weighted by Gasteiger charge is 2.15. The fraction of sp³-hybridized carbons (Fsp3) is 0.300. The van der Waals surface area contributed by atoms with E-state index in [0.29, 0.717) is 17.8 Å². The lowest BCUT2D eigenvalue weighted by atomic mass is 10.0. The Morgan fingerprint density at radius 2 is 2.04 bits per heavy atom. The molecule has 0 aliphatic carbocycles. The third-order valence-electron chi connectivity index (χ3n) is 3.68. The summed E-state index contributed by atoms with van der Waals surface area (Å²) in [5, 5.41) is 14.8. The highest BCUT2D eigenvalue weighted by atomic mass is 16.3. The van der Waals surface area contributed by atoms with Gasteiger partial charge in [-0.2, -0.15) is 0 Å². The van der Waals surface area contributed by atoms with Gasteiger partial charge in [0.25, 0.3) is 0 Å². The number of pyridine rings is 1. The summed E-state index contributed by atoms with van der Waals surface area (Å²) >= 11 is 0. The molecule has 130 valence electrons. The standard InChI is InChI=1S/C20H23N3O2/c1-15(2)19(11-13-24)23-20(25)22-18-8-5-6-16(14-18)9-10-17-7-3-4-12-21-17/h3-8,12,14-15,19,24H,11,13H2,1-2H3,(H2,22,23,25). The topological polar surface area (TPSA) is 74.2 Å². The van der Waals surface area contributed by atoms with Gasteiger partial charge in [-0.15, -0.1) is 0 Å². The number of rotatable bonds is 5. The first-order chi connectivity index (χ1) is 12.1. The molecule has 25 heavy (non-hydrogen) atoms. The number of benzene rings is 1. The molecule has 0 spiro atoms. The van der Waals surface area contributed by atoms with Crippen LogP contribution >= 0.6 is 0 Å². The maximum atomic E-state index is 12.1. The van der Waals surface area contributed by atoms with E-state index in [9.17, 15) is 4.79 Å². The lowest BCUT2D eigenvalue weighted by molar-refractivity contribution is 0.227. The zero-order valence-electron chi connectivity index (χ0n) is 14.5. The lowest BCUT2D eigenvalue weighted by Gasteiger charge is -2.21. The van der Waals surface area contributed by atoms with Crippen LogP contribution in [0.4, 0.5) is 10.5 Å². The van der Waals surface area contributed by atoms with Gasteiger partial charge in [-0.3, -0.25) is 0 Å². The largest absolute Gasteiger partial charge is 0.396 e. The first-order valence-electron chi connectivity index (χ1n) is 8.30. The fourth-order valence-corrected chi connectivity index (χ4v) is 2.29. The molecular weight excluding hydrogens is 314 g/mol. The number of amides is 2. The van der Waals surface area contributed by atoms with Gasteiger partial charge in [0.1, 0.15) is 5.69 Å². The number of aliphatic hydroxyl groups is 1. The van der Waals surface area contributed by atoms with Crippen LogP contribution in [0.3, 0.4) is 0 Å². The van der Waals surface area contributed by atoms with Crippen LogP contribution in [0, 0.1) is 17.8 Å². The monoisotopic (exact) mass is 337 g/mol. The minimum atomic E-state index is -0.290. The van der Waals surface area contributed by atoms with Crippen molar-refractivity contribution in [1.82, 2.24) is 10.3 Å². The predicted octanol–water partition coefficient (Wildman–Crippen LogP) is 3.01. The van der Waals surface area contributed by atoms with Gasteiger partial charge in [-0.25, -0.2) is 9.78 Å². The molecule has 1 aromatic heterocycles. The number of aliphatic hydroxyl groups excluding tert-OH is 1. The van der Waals surface area contributed by atoms with E-state index in [-0.39, 0.29) is 24.6 Å². The molecule has 1 atom stereocenters. The predicted molar refractivity (Wildman–Crippen MR) is 99.1 cm³/mol. The molecule has 5 nitrogen and oxygen atoms in total. The van der Waals surface area contributed by atoms with Crippen LogP contribution in [0.15, 0.2) is 48.7 Å². The van der Waals surface area contributed by atoms with Gasteiger partial charge >= 0.3 is 6.03 Å². The molecule has 5 heteroatoms. The minimum absolute atomic E-state index is 0.0434. The summed E-state index contributed by atoms with van der Waals surface area (Å²) < 4.78 is 0. The maximum Gasteiger partial charge on any atom is 0.319 e. The molecule has 0 saturated heterocycles. The summed E-state index contributed by atoms with van der Waals surface area (Å²) in [6.07, 6.45) is 2.23. The van der Waals surface area contributed by atoms with Gasteiger partial charge in [-0.1, -0.05) is 31.9 Å². The van der Waals surface area contributed by atoms with E-state index in [4.69, 9.17) is 5.11 Å². The van der Waals surface area contributed by atoms with E-state index in [1.807, 2.05) is 56.3 Å². The second-order valence-electron chi connectivity index (χ2n) is 6.01. The third kappa shape index (κ3) is 6.28. The van der Waals surface area contributed by atoms with E-state index in [0.717, 1.165) is 5.56 Å². The molecular formula is C20H23N3O2. The smallest absolute Gasteiger partial charge is 0.319 e. The van der Waals surface area contributed by atoms with Crippen molar-refractivity contribution in [2.45, 2.75) is 26.3 Å². The Morgan fingerprint density at radius 3 is 2.72 bits per heavy atom. The molecule has 0 fully saturated rings. The summed E-state index contributed by atoms with van der Waals surface area (Å²) in [7, 11) is 0. The average Bonchev–Trinajstić information content (AvgIpc) is 2.61. The first kappa shape index (κ1) is 18.5. The minimum Gasteiger partial charge on any atom is -0.396 e. The quantitative estimate of drug-likeness (QED) is 0.734. The zero-order chi connectivity index (χ0) is 18.1. The van der Waals surface area contributed by atoms with E-state index in [1.165, 1.54) is 0 Å². The van der Waals surface area contributed by atoms with Crippen molar-refractivity contribution < 1.29 is 9.90 Å². The summed E-state index contributed by atoms with van der Waals surface area (Å²) in [5.41, 5.74) is 2.15. The molecule has 2 rings (SSSR count). The van der Waals surface area contributed by atoms with Crippen molar-refractivity contribution in [2.75, 3.05) is 11.9 Å².